The summed E-state index contributed by atoms with van der Waals surface area (Å²) in [6.45, 7) is 2.63. The minimum absolute atomic E-state index is 0.0825. The van der Waals surface area contributed by atoms with E-state index in [1.165, 1.54) is 11.5 Å². The molecule has 8 nitrogen and oxygen atoms in total. The number of aromatic nitrogens is 7. The van der Waals surface area contributed by atoms with Crippen LogP contribution in [0.4, 0.5) is 0 Å². The number of carbonyl (C=O) groups excluding carboxylic acids is 1. The molecule has 1 aromatic carbocycles. The van der Waals surface area contributed by atoms with Crippen molar-refractivity contribution in [2.45, 2.75) is 32.7 Å². The van der Waals surface area contributed by atoms with Gasteiger partial charge >= 0.3 is 0 Å². The lowest BCUT2D eigenvalue weighted by Gasteiger charge is -2.21. The number of nitrogens with zero attached hydrogens (tertiary/aromatic N) is 7. The van der Waals surface area contributed by atoms with Gasteiger partial charge in [-0.2, -0.15) is 14.6 Å². The molecule has 152 valence electrons. The third-order valence-corrected chi connectivity index (χ3v) is 6.28. The number of aryl methyl sites for hydroxylation is 3. The fraction of sp³-hybridized carbons (Fsp3) is 0.333. The third kappa shape index (κ3) is 3.45. The average Bonchev–Trinajstić information content (AvgIpc) is 3.46. The van der Waals surface area contributed by atoms with E-state index in [-0.39, 0.29) is 11.7 Å². The van der Waals surface area contributed by atoms with Crippen LogP contribution in [-0.4, -0.2) is 39.7 Å². The lowest BCUT2D eigenvalue weighted by atomic mass is 9.91. The van der Waals surface area contributed by atoms with Gasteiger partial charge in [-0.15, -0.1) is 0 Å². The van der Waals surface area contributed by atoms with Gasteiger partial charge in [0.15, 0.2) is 11.6 Å². The Bertz CT molecular complexity index is 1210. The van der Waals surface area contributed by atoms with Crippen molar-refractivity contribution in [3.63, 3.8) is 0 Å². The van der Waals surface area contributed by atoms with Crippen molar-refractivity contribution in [3.05, 3.63) is 53.9 Å². The molecule has 0 radical (unpaired) electrons. The summed E-state index contributed by atoms with van der Waals surface area (Å²) in [5.74, 6) is 2.72. The summed E-state index contributed by atoms with van der Waals surface area (Å²) in [4.78, 5) is 22.3. The van der Waals surface area contributed by atoms with Crippen molar-refractivity contribution in [1.82, 2.24) is 33.9 Å². The van der Waals surface area contributed by atoms with E-state index >= 15 is 0 Å². The molecule has 1 aliphatic heterocycles. The molecule has 1 aliphatic rings. The van der Waals surface area contributed by atoms with Crippen LogP contribution in [-0.2, 0) is 20.0 Å². The second-order valence-electron chi connectivity index (χ2n) is 7.60. The molecule has 0 saturated heterocycles. The maximum Gasteiger partial charge on any atom is 0.181 e. The molecule has 0 bridgehead atoms. The standard InChI is InChI=1S/C21H21N7OS/c1-13-23-21(30-26-13)16-12-22-27(2)19(16)17(29)10-14-8-9-28-18(11-14)24-20(25-28)15-6-4-3-5-7-15/h3-7,12,14H,8-11H2,1-2H3. The summed E-state index contributed by atoms with van der Waals surface area (Å²) < 4.78 is 7.86. The highest BCUT2D eigenvalue weighted by Crippen LogP contribution is 2.29. The fourth-order valence-corrected chi connectivity index (χ4v) is 4.62. The highest BCUT2D eigenvalue weighted by molar-refractivity contribution is 7.09. The molecule has 5 rings (SSSR count). The lowest BCUT2D eigenvalue weighted by Crippen LogP contribution is -2.23. The largest absolute Gasteiger partial charge is 0.292 e. The molecule has 3 aromatic heterocycles. The summed E-state index contributed by atoms with van der Waals surface area (Å²) in [6.07, 6.45) is 3.81. The van der Waals surface area contributed by atoms with Crippen LogP contribution in [0, 0.1) is 12.8 Å². The summed E-state index contributed by atoms with van der Waals surface area (Å²) in [5, 5.41) is 9.68. The highest BCUT2D eigenvalue weighted by atomic mass is 32.1. The quantitative estimate of drug-likeness (QED) is 0.461. The molecule has 1 unspecified atom stereocenters. The zero-order chi connectivity index (χ0) is 20.7. The maximum atomic E-state index is 13.2. The Morgan fingerprint density at radius 1 is 1.23 bits per heavy atom. The Labute approximate surface area is 177 Å². The van der Waals surface area contributed by atoms with Crippen LogP contribution >= 0.6 is 11.5 Å². The first kappa shape index (κ1) is 18.8. The summed E-state index contributed by atoms with van der Waals surface area (Å²) >= 11 is 1.30. The van der Waals surface area contributed by atoms with E-state index in [1.807, 2.05) is 41.9 Å². The van der Waals surface area contributed by atoms with Gasteiger partial charge in [0.1, 0.15) is 22.4 Å². The third-order valence-electron chi connectivity index (χ3n) is 5.44. The van der Waals surface area contributed by atoms with Gasteiger partial charge in [-0.3, -0.25) is 9.48 Å². The first-order valence-corrected chi connectivity index (χ1v) is 10.7. The fourth-order valence-electron chi connectivity index (χ4n) is 3.94. The zero-order valence-electron chi connectivity index (χ0n) is 16.8. The van der Waals surface area contributed by atoms with E-state index in [0.717, 1.165) is 47.2 Å². The van der Waals surface area contributed by atoms with Crippen molar-refractivity contribution >= 4 is 17.3 Å². The van der Waals surface area contributed by atoms with Gasteiger partial charge in [0.05, 0.1) is 11.8 Å². The van der Waals surface area contributed by atoms with E-state index < -0.39 is 0 Å². The van der Waals surface area contributed by atoms with Crippen molar-refractivity contribution < 1.29 is 4.79 Å². The molecular weight excluding hydrogens is 398 g/mol. The molecule has 0 amide bonds. The van der Waals surface area contributed by atoms with Crippen LogP contribution in [0.5, 0.6) is 0 Å². The predicted octanol–water partition coefficient (Wildman–Crippen LogP) is 3.34. The number of ketones is 1. The first-order chi connectivity index (χ1) is 14.6. The monoisotopic (exact) mass is 419 g/mol. The number of benzene rings is 1. The van der Waals surface area contributed by atoms with Gasteiger partial charge < -0.3 is 0 Å². The second-order valence-corrected chi connectivity index (χ2v) is 8.36. The van der Waals surface area contributed by atoms with Gasteiger partial charge in [0.25, 0.3) is 0 Å². The Hall–Kier alpha value is -3.20. The van der Waals surface area contributed by atoms with E-state index in [4.69, 9.17) is 4.98 Å². The SMILES string of the molecule is Cc1nsc(-c2cnn(C)c2C(=O)CC2CCn3nc(-c4ccccc4)nc3C2)n1. The number of fused-ring (bicyclic) bond motifs is 1. The number of carbonyl (C=O) groups is 1. The van der Waals surface area contributed by atoms with Crippen molar-refractivity contribution in [2.24, 2.45) is 13.0 Å². The highest BCUT2D eigenvalue weighted by Gasteiger charge is 2.27. The number of rotatable bonds is 5. The second kappa shape index (κ2) is 7.56. The van der Waals surface area contributed by atoms with Crippen LogP contribution in [0.15, 0.2) is 36.5 Å². The summed E-state index contributed by atoms with van der Waals surface area (Å²) in [6, 6.07) is 9.99. The van der Waals surface area contributed by atoms with Crippen LogP contribution in [0.2, 0.25) is 0 Å². The summed E-state index contributed by atoms with van der Waals surface area (Å²) in [5.41, 5.74) is 2.38. The topological polar surface area (TPSA) is 91.4 Å². The molecule has 0 aliphatic carbocycles. The Morgan fingerprint density at radius 3 is 2.83 bits per heavy atom. The van der Waals surface area contributed by atoms with Crippen LogP contribution in [0.3, 0.4) is 0 Å². The molecule has 1 atom stereocenters. The lowest BCUT2D eigenvalue weighted by molar-refractivity contribution is 0.0944. The number of hydrogen-bond acceptors (Lipinski definition) is 7. The molecular formula is C21H21N7OS. The van der Waals surface area contributed by atoms with E-state index in [9.17, 15) is 4.79 Å². The molecule has 0 saturated carbocycles. The molecule has 0 fully saturated rings. The minimum Gasteiger partial charge on any atom is -0.292 e. The molecule has 0 N–H and O–H groups in total. The Kier molecular flexibility index (Phi) is 4.74. The van der Waals surface area contributed by atoms with Crippen LogP contribution in [0.25, 0.3) is 22.0 Å². The minimum atomic E-state index is 0.0825. The van der Waals surface area contributed by atoms with E-state index in [2.05, 4.69) is 19.6 Å². The van der Waals surface area contributed by atoms with Crippen molar-refractivity contribution in [1.29, 1.82) is 0 Å². The molecule has 4 aromatic rings. The molecule has 30 heavy (non-hydrogen) atoms. The van der Waals surface area contributed by atoms with Crippen molar-refractivity contribution in [3.8, 4) is 22.0 Å². The zero-order valence-corrected chi connectivity index (χ0v) is 17.6. The summed E-state index contributed by atoms with van der Waals surface area (Å²) in [7, 11) is 1.80. The maximum absolute atomic E-state index is 13.2. The van der Waals surface area contributed by atoms with Gasteiger partial charge in [0.2, 0.25) is 0 Å². The van der Waals surface area contributed by atoms with Crippen LogP contribution < -0.4 is 0 Å². The van der Waals surface area contributed by atoms with Gasteiger partial charge in [0, 0.05) is 32.0 Å². The van der Waals surface area contributed by atoms with Crippen molar-refractivity contribution in [2.75, 3.05) is 0 Å². The Balaban J connectivity index is 1.34. The normalized spacial score (nSPS) is 15.9. The average molecular weight is 420 g/mol. The van der Waals surface area contributed by atoms with Gasteiger partial charge in [-0.25, -0.2) is 14.6 Å². The van der Waals surface area contributed by atoms with E-state index in [1.54, 1.807) is 17.9 Å². The molecule has 0 spiro atoms. The van der Waals surface area contributed by atoms with Gasteiger partial charge in [-0.1, -0.05) is 30.3 Å². The first-order valence-electron chi connectivity index (χ1n) is 9.93. The number of Topliss-reactive ketones (excluding diaryl/α,β-unsaturated/α-hetero) is 1. The smallest absolute Gasteiger partial charge is 0.181 e. The Morgan fingerprint density at radius 2 is 2.07 bits per heavy atom. The number of hydrogen-bond donors (Lipinski definition) is 0. The molecule has 4 heterocycles. The van der Waals surface area contributed by atoms with Gasteiger partial charge in [-0.05, 0) is 30.8 Å². The van der Waals surface area contributed by atoms with Crippen LogP contribution in [0.1, 0.15) is 35.0 Å². The molecule has 9 heteroatoms. The predicted molar refractivity (Wildman–Crippen MR) is 113 cm³/mol. The van der Waals surface area contributed by atoms with E-state index in [0.29, 0.717) is 17.9 Å².